The fraction of sp³-hybridized carbons (Fsp3) is 0.773. The minimum absolute atomic E-state index is 0.0253. The maximum Gasteiger partial charge on any atom is 0.334 e. The topological polar surface area (TPSA) is 132 Å². The van der Waals surface area contributed by atoms with Crippen LogP contribution in [0.15, 0.2) is 12.2 Å². The van der Waals surface area contributed by atoms with E-state index in [0.29, 0.717) is 6.42 Å². The summed E-state index contributed by atoms with van der Waals surface area (Å²) in [5.41, 5.74) is -1.11. The standard InChI is InChI=1S/C22H32O9/c1-7-9(2)20(26)29-16-14-11(4)21(27)30-17(14)18(25)22(6)19(31-22)13(24)8-10(3)15(16)28-12(5)23/h9-10,13-19,24-25H,4,7-8H2,1-3,5-6H3/t9-,10+,13+,14+,15-,16+,17-,18+,19-,22-/m1/s1. The molecule has 2 saturated heterocycles. The van der Waals surface area contributed by atoms with Gasteiger partial charge in [-0.2, -0.15) is 0 Å². The van der Waals surface area contributed by atoms with E-state index >= 15 is 0 Å². The molecule has 3 aliphatic rings. The highest BCUT2D eigenvalue weighted by Crippen LogP contribution is 2.49. The molecule has 2 aliphatic heterocycles. The van der Waals surface area contributed by atoms with Gasteiger partial charge in [0.25, 0.3) is 0 Å². The Morgan fingerprint density at radius 3 is 2.52 bits per heavy atom. The smallest absolute Gasteiger partial charge is 0.334 e. The van der Waals surface area contributed by atoms with Crippen molar-refractivity contribution in [3.63, 3.8) is 0 Å². The van der Waals surface area contributed by atoms with Crippen molar-refractivity contribution in [3.05, 3.63) is 12.2 Å². The van der Waals surface area contributed by atoms with E-state index in [1.165, 1.54) is 6.92 Å². The zero-order valence-electron chi connectivity index (χ0n) is 18.6. The Hall–Kier alpha value is -1.97. The van der Waals surface area contributed by atoms with Crippen molar-refractivity contribution in [2.45, 2.75) is 89.7 Å². The average Bonchev–Trinajstić information content (AvgIpc) is 3.32. The maximum absolute atomic E-state index is 12.7. The van der Waals surface area contributed by atoms with Gasteiger partial charge >= 0.3 is 17.9 Å². The number of hydrogen-bond donors (Lipinski definition) is 2. The molecular weight excluding hydrogens is 408 g/mol. The number of epoxide rings is 1. The van der Waals surface area contributed by atoms with Gasteiger partial charge in [-0.05, 0) is 25.7 Å². The second-order valence-corrected chi connectivity index (χ2v) is 9.15. The number of ether oxygens (including phenoxy) is 4. The molecule has 2 N–H and O–H groups in total. The van der Waals surface area contributed by atoms with Gasteiger partial charge in [-0.15, -0.1) is 0 Å². The molecule has 0 aromatic heterocycles. The molecule has 31 heavy (non-hydrogen) atoms. The minimum Gasteiger partial charge on any atom is -0.458 e. The fourth-order valence-electron chi connectivity index (χ4n) is 4.62. The average molecular weight is 440 g/mol. The number of aliphatic hydroxyl groups excluding tert-OH is 2. The molecule has 0 unspecified atom stereocenters. The van der Waals surface area contributed by atoms with Gasteiger partial charge in [0.05, 0.1) is 17.9 Å². The van der Waals surface area contributed by atoms with Gasteiger partial charge in [-0.1, -0.05) is 27.4 Å². The molecule has 9 heteroatoms. The Kier molecular flexibility index (Phi) is 6.51. The first-order valence-electron chi connectivity index (χ1n) is 10.7. The number of rotatable bonds is 4. The number of carbonyl (C=O) groups excluding carboxylic acids is 3. The Morgan fingerprint density at radius 1 is 1.29 bits per heavy atom. The zero-order valence-corrected chi connectivity index (χ0v) is 18.6. The van der Waals surface area contributed by atoms with Crippen molar-refractivity contribution in [2.24, 2.45) is 17.8 Å². The normalized spacial score (nSPS) is 43.2. The van der Waals surface area contributed by atoms with Crippen LogP contribution in [0.4, 0.5) is 0 Å². The SMILES string of the molecule is C=C1C(=O)O[C@@H]2[C@@H]1[C@H](OC(=O)[C@H](C)CC)[C@H](OC(C)=O)[C@@H](C)C[C@H](O)[C@H]1O[C@]1(C)[C@H]2O. The molecule has 1 aliphatic carbocycles. The number of carbonyl (C=O) groups is 3. The summed E-state index contributed by atoms with van der Waals surface area (Å²) >= 11 is 0. The Balaban J connectivity index is 2.08. The third kappa shape index (κ3) is 4.23. The molecule has 1 saturated carbocycles. The molecular formula is C22H32O9. The van der Waals surface area contributed by atoms with E-state index in [9.17, 15) is 24.6 Å². The number of hydrogen-bond acceptors (Lipinski definition) is 9. The van der Waals surface area contributed by atoms with Crippen molar-refractivity contribution in [2.75, 3.05) is 0 Å². The molecule has 9 nitrogen and oxygen atoms in total. The molecule has 0 bridgehead atoms. The van der Waals surface area contributed by atoms with E-state index in [1.807, 2.05) is 6.92 Å². The highest BCUT2D eigenvalue weighted by Gasteiger charge is 2.67. The van der Waals surface area contributed by atoms with Crippen LogP contribution < -0.4 is 0 Å². The lowest BCUT2D eigenvalue weighted by Crippen LogP contribution is -2.54. The van der Waals surface area contributed by atoms with E-state index in [0.717, 1.165) is 0 Å². The van der Waals surface area contributed by atoms with Gasteiger partial charge in [-0.25, -0.2) is 4.79 Å². The van der Waals surface area contributed by atoms with Crippen LogP contribution in [-0.2, 0) is 33.3 Å². The second kappa shape index (κ2) is 8.52. The molecule has 2 heterocycles. The van der Waals surface area contributed by atoms with Gasteiger partial charge < -0.3 is 29.2 Å². The van der Waals surface area contributed by atoms with Crippen LogP contribution in [-0.4, -0.2) is 70.3 Å². The number of esters is 3. The van der Waals surface area contributed by atoms with Gasteiger partial charge in [-0.3, -0.25) is 9.59 Å². The zero-order chi connectivity index (χ0) is 23.2. The van der Waals surface area contributed by atoms with Gasteiger partial charge in [0.2, 0.25) is 0 Å². The summed E-state index contributed by atoms with van der Waals surface area (Å²) < 4.78 is 22.4. The first-order valence-corrected chi connectivity index (χ1v) is 10.7. The summed E-state index contributed by atoms with van der Waals surface area (Å²) in [6.07, 6.45) is -5.51. The maximum atomic E-state index is 12.7. The van der Waals surface area contributed by atoms with Crippen molar-refractivity contribution in [3.8, 4) is 0 Å². The van der Waals surface area contributed by atoms with Gasteiger partial charge in [0, 0.05) is 12.5 Å². The van der Waals surface area contributed by atoms with Gasteiger partial charge in [0.1, 0.15) is 36.1 Å². The summed E-state index contributed by atoms with van der Waals surface area (Å²) in [6, 6.07) is 0. The van der Waals surface area contributed by atoms with Crippen molar-refractivity contribution >= 4 is 17.9 Å². The van der Waals surface area contributed by atoms with Crippen molar-refractivity contribution in [1.82, 2.24) is 0 Å². The van der Waals surface area contributed by atoms with Crippen LogP contribution in [0.25, 0.3) is 0 Å². The molecule has 3 fully saturated rings. The van der Waals surface area contributed by atoms with Crippen molar-refractivity contribution in [1.29, 1.82) is 0 Å². The Morgan fingerprint density at radius 2 is 1.94 bits per heavy atom. The molecule has 0 aromatic carbocycles. The van der Waals surface area contributed by atoms with Gasteiger partial charge in [0.15, 0.2) is 0 Å². The van der Waals surface area contributed by atoms with E-state index in [4.69, 9.17) is 18.9 Å². The second-order valence-electron chi connectivity index (χ2n) is 9.15. The first kappa shape index (κ1) is 23.7. The Labute approximate surface area is 181 Å². The van der Waals surface area contributed by atoms with Crippen LogP contribution >= 0.6 is 0 Å². The van der Waals surface area contributed by atoms with E-state index in [-0.39, 0.29) is 12.0 Å². The van der Waals surface area contributed by atoms with Crippen molar-refractivity contribution < 1.29 is 43.5 Å². The summed E-state index contributed by atoms with van der Waals surface area (Å²) in [7, 11) is 0. The van der Waals surface area contributed by atoms with Crippen LogP contribution in [0.1, 0.15) is 47.5 Å². The summed E-state index contributed by atoms with van der Waals surface area (Å²) in [6.45, 7) is 12.0. The van der Waals surface area contributed by atoms with E-state index < -0.39 is 77.9 Å². The molecule has 0 aromatic rings. The van der Waals surface area contributed by atoms with E-state index in [2.05, 4.69) is 6.58 Å². The number of fused-ring (bicyclic) bond motifs is 2. The third-order valence-electron chi connectivity index (χ3n) is 6.82. The molecule has 0 spiro atoms. The van der Waals surface area contributed by atoms with Crippen LogP contribution in [0, 0.1) is 17.8 Å². The monoisotopic (exact) mass is 440 g/mol. The highest BCUT2D eigenvalue weighted by atomic mass is 16.6. The molecule has 0 amide bonds. The molecule has 0 radical (unpaired) electrons. The quantitative estimate of drug-likeness (QED) is 0.283. The predicted molar refractivity (Wildman–Crippen MR) is 106 cm³/mol. The molecule has 3 rings (SSSR count). The van der Waals surface area contributed by atoms with Crippen LogP contribution in [0.2, 0.25) is 0 Å². The van der Waals surface area contributed by atoms with Crippen LogP contribution in [0.3, 0.4) is 0 Å². The minimum atomic E-state index is -1.31. The first-order chi connectivity index (χ1) is 14.4. The summed E-state index contributed by atoms with van der Waals surface area (Å²) in [5.74, 6) is -3.69. The predicted octanol–water partition coefficient (Wildman–Crippen LogP) is 0.893. The van der Waals surface area contributed by atoms with Crippen LogP contribution in [0.5, 0.6) is 0 Å². The molecule has 10 atom stereocenters. The highest BCUT2D eigenvalue weighted by molar-refractivity contribution is 5.91. The third-order valence-corrected chi connectivity index (χ3v) is 6.82. The lowest BCUT2D eigenvalue weighted by Gasteiger charge is -2.38. The summed E-state index contributed by atoms with van der Waals surface area (Å²) in [4.78, 5) is 37.1. The largest absolute Gasteiger partial charge is 0.458 e. The fourth-order valence-corrected chi connectivity index (χ4v) is 4.62. The lowest BCUT2D eigenvalue weighted by molar-refractivity contribution is -0.184. The lowest BCUT2D eigenvalue weighted by atomic mass is 9.76. The Bertz CT molecular complexity index is 764. The van der Waals surface area contributed by atoms with E-state index in [1.54, 1.807) is 20.8 Å². The molecule has 174 valence electrons. The number of aliphatic hydroxyl groups is 2. The summed E-state index contributed by atoms with van der Waals surface area (Å²) in [5, 5.41) is 21.7.